The summed E-state index contributed by atoms with van der Waals surface area (Å²) in [4.78, 5) is -0.0666. The molecule has 16 heavy (non-hydrogen) atoms. The molecule has 0 spiro atoms. The molecule has 6 heteroatoms. The maximum absolute atomic E-state index is 10.5. The predicted molar refractivity (Wildman–Crippen MR) is 58.3 cm³/mol. The van der Waals surface area contributed by atoms with E-state index in [1.807, 2.05) is 6.92 Å². The molecule has 1 rings (SSSR count). The van der Waals surface area contributed by atoms with Crippen LogP contribution in [0.2, 0.25) is 0 Å². The van der Waals surface area contributed by atoms with Crippen LogP contribution in [0.3, 0.4) is 0 Å². The monoisotopic (exact) mass is 288 g/mol. The van der Waals surface area contributed by atoms with Gasteiger partial charge >= 0.3 is 0 Å². The van der Waals surface area contributed by atoms with Crippen molar-refractivity contribution in [2.24, 2.45) is 0 Å². The van der Waals surface area contributed by atoms with Crippen LogP contribution in [-0.2, 0) is 27.2 Å². The van der Waals surface area contributed by atoms with E-state index in [2.05, 4.69) is 0 Å². The first-order valence-corrected chi connectivity index (χ1v) is 5.89. The summed E-state index contributed by atoms with van der Waals surface area (Å²) < 4.78 is 29.6. The van der Waals surface area contributed by atoms with Gasteiger partial charge in [-0.15, -0.1) is 0 Å². The van der Waals surface area contributed by atoms with Crippen LogP contribution in [0.4, 0.5) is 0 Å². The van der Waals surface area contributed by atoms with E-state index in [4.69, 9.17) is 9.66 Å². The second-order valence-corrected chi connectivity index (χ2v) is 4.80. The van der Waals surface area contributed by atoms with Gasteiger partial charge < -0.3 is 5.11 Å². The van der Waals surface area contributed by atoms with E-state index in [9.17, 15) is 8.42 Å². The SMILES string of the molecule is CC(C)O.Cc1ccc(S(=O)(=O)O)cc1.[Fe]. The first-order valence-electron chi connectivity index (χ1n) is 4.45. The van der Waals surface area contributed by atoms with Crippen LogP contribution in [0, 0.1) is 6.92 Å². The predicted octanol–water partition coefficient (Wildman–Crippen LogP) is 1.63. The quantitative estimate of drug-likeness (QED) is 0.608. The van der Waals surface area contributed by atoms with Gasteiger partial charge in [-0.2, -0.15) is 8.42 Å². The van der Waals surface area contributed by atoms with E-state index in [-0.39, 0.29) is 28.1 Å². The topological polar surface area (TPSA) is 74.6 Å². The molecule has 1 aromatic carbocycles. The minimum Gasteiger partial charge on any atom is -0.394 e. The molecule has 0 bridgehead atoms. The number of benzene rings is 1. The fraction of sp³-hybridized carbons (Fsp3) is 0.400. The van der Waals surface area contributed by atoms with Crippen LogP contribution in [0.5, 0.6) is 0 Å². The summed E-state index contributed by atoms with van der Waals surface area (Å²) in [6.45, 7) is 5.29. The largest absolute Gasteiger partial charge is 0.394 e. The Balaban J connectivity index is 0. The molecule has 1 aromatic rings. The molecular formula is C10H16FeO4S. The van der Waals surface area contributed by atoms with Crippen molar-refractivity contribution in [2.75, 3.05) is 0 Å². The summed E-state index contributed by atoms with van der Waals surface area (Å²) in [5.41, 5.74) is 0.956. The summed E-state index contributed by atoms with van der Waals surface area (Å²) in [5.74, 6) is 0. The third kappa shape index (κ3) is 8.88. The van der Waals surface area contributed by atoms with Crippen LogP contribution in [0.25, 0.3) is 0 Å². The van der Waals surface area contributed by atoms with Crippen LogP contribution in [-0.4, -0.2) is 24.2 Å². The number of rotatable bonds is 1. The second-order valence-electron chi connectivity index (χ2n) is 3.38. The van der Waals surface area contributed by atoms with E-state index in [0.717, 1.165) is 5.56 Å². The van der Waals surface area contributed by atoms with Gasteiger partial charge in [0.2, 0.25) is 0 Å². The molecular weight excluding hydrogens is 272 g/mol. The first kappa shape index (κ1) is 18.0. The Hall–Kier alpha value is -0.391. The number of aliphatic hydroxyl groups excluding tert-OH is 1. The van der Waals surface area contributed by atoms with Gasteiger partial charge in [-0.05, 0) is 32.9 Å². The Kier molecular flexibility index (Phi) is 8.78. The summed E-state index contributed by atoms with van der Waals surface area (Å²) in [7, 11) is -4.02. The fourth-order valence-corrected chi connectivity index (χ4v) is 1.19. The van der Waals surface area contributed by atoms with E-state index >= 15 is 0 Å². The maximum atomic E-state index is 10.5. The van der Waals surface area contributed by atoms with Gasteiger partial charge in [0, 0.05) is 23.2 Å². The molecule has 4 nitrogen and oxygen atoms in total. The summed E-state index contributed by atoms with van der Waals surface area (Å²) in [5, 5.41) is 8.06. The smallest absolute Gasteiger partial charge is 0.294 e. The number of aryl methyl sites for hydroxylation is 1. The molecule has 94 valence electrons. The zero-order valence-corrected chi connectivity index (χ0v) is 11.3. The van der Waals surface area contributed by atoms with Gasteiger partial charge in [0.1, 0.15) is 0 Å². The van der Waals surface area contributed by atoms with Crippen LogP contribution >= 0.6 is 0 Å². The molecule has 0 saturated heterocycles. The van der Waals surface area contributed by atoms with Gasteiger partial charge in [0.25, 0.3) is 10.1 Å². The van der Waals surface area contributed by atoms with Crippen molar-refractivity contribution in [3.8, 4) is 0 Å². The van der Waals surface area contributed by atoms with Crippen molar-refractivity contribution in [1.29, 1.82) is 0 Å². The van der Waals surface area contributed by atoms with Crippen molar-refractivity contribution >= 4 is 10.1 Å². The molecule has 0 aromatic heterocycles. The normalized spacial score (nSPS) is 10.1. The molecule has 0 aliphatic carbocycles. The second kappa shape index (κ2) is 7.81. The van der Waals surface area contributed by atoms with Crippen molar-refractivity contribution in [2.45, 2.75) is 31.8 Å². The van der Waals surface area contributed by atoms with E-state index < -0.39 is 10.1 Å². The Bertz CT molecular complexity index is 381. The van der Waals surface area contributed by atoms with Gasteiger partial charge in [-0.25, -0.2) is 0 Å². The fourth-order valence-electron chi connectivity index (χ4n) is 0.710. The van der Waals surface area contributed by atoms with Crippen molar-refractivity contribution in [3.05, 3.63) is 29.8 Å². The van der Waals surface area contributed by atoms with E-state index in [1.165, 1.54) is 12.1 Å². The molecule has 0 amide bonds. The summed E-state index contributed by atoms with van der Waals surface area (Å²) in [6.07, 6.45) is -0.167. The Morgan fingerprint density at radius 3 is 1.69 bits per heavy atom. The maximum Gasteiger partial charge on any atom is 0.294 e. The number of hydrogen-bond acceptors (Lipinski definition) is 3. The molecule has 0 aliphatic heterocycles. The van der Waals surface area contributed by atoms with Crippen LogP contribution in [0.1, 0.15) is 19.4 Å². The molecule has 0 atom stereocenters. The number of hydrogen-bond donors (Lipinski definition) is 2. The van der Waals surface area contributed by atoms with Gasteiger partial charge in [0.05, 0.1) is 4.90 Å². The standard InChI is InChI=1S/C7H8O3S.C3H8O.Fe/c1-6-2-4-7(5-3-6)11(8,9)10;1-3(2)4;/h2-5H,1H3,(H,8,9,10);3-4H,1-2H3;. The zero-order chi connectivity index (χ0) is 12.1. The summed E-state index contributed by atoms with van der Waals surface area (Å²) in [6, 6.07) is 5.99. The molecule has 0 radical (unpaired) electrons. The van der Waals surface area contributed by atoms with Gasteiger partial charge in [-0.3, -0.25) is 4.55 Å². The van der Waals surface area contributed by atoms with Gasteiger partial charge in [-0.1, -0.05) is 17.7 Å². The Labute approximate surface area is 107 Å². The molecule has 0 unspecified atom stereocenters. The van der Waals surface area contributed by atoms with E-state index in [0.29, 0.717) is 0 Å². The average molecular weight is 288 g/mol. The van der Waals surface area contributed by atoms with Gasteiger partial charge in [0.15, 0.2) is 0 Å². The Morgan fingerprint density at radius 1 is 1.12 bits per heavy atom. The molecule has 0 heterocycles. The number of aliphatic hydroxyl groups is 1. The first-order chi connectivity index (χ1) is 6.73. The minimum atomic E-state index is -4.02. The van der Waals surface area contributed by atoms with Crippen LogP contribution in [0.15, 0.2) is 29.2 Å². The van der Waals surface area contributed by atoms with Crippen molar-refractivity contribution < 1.29 is 35.1 Å². The third-order valence-corrected chi connectivity index (χ3v) is 2.19. The average Bonchev–Trinajstić information content (AvgIpc) is 2.01. The minimum absolute atomic E-state index is 0. The van der Waals surface area contributed by atoms with Crippen LogP contribution < -0.4 is 0 Å². The third-order valence-electron chi connectivity index (χ3n) is 1.32. The zero-order valence-electron chi connectivity index (χ0n) is 9.36. The van der Waals surface area contributed by atoms with Crippen molar-refractivity contribution in [1.82, 2.24) is 0 Å². The van der Waals surface area contributed by atoms with E-state index in [1.54, 1.807) is 26.0 Å². The summed E-state index contributed by atoms with van der Waals surface area (Å²) >= 11 is 0. The van der Waals surface area contributed by atoms with Crippen molar-refractivity contribution in [3.63, 3.8) is 0 Å². The molecule has 2 N–H and O–H groups in total. The molecule has 0 aliphatic rings. The molecule has 0 saturated carbocycles. The Morgan fingerprint density at radius 2 is 1.44 bits per heavy atom. The molecule has 0 fully saturated rings.